The molecular formula is C12H13FN6O2. The maximum absolute atomic E-state index is 14.2. The van der Waals surface area contributed by atoms with Crippen LogP contribution in [0.25, 0.3) is 5.69 Å². The van der Waals surface area contributed by atoms with Crippen LogP contribution in [0, 0.1) is 15.9 Å². The number of benzene rings is 1. The maximum Gasteiger partial charge on any atom is 0.294 e. The van der Waals surface area contributed by atoms with Gasteiger partial charge in [-0.25, -0.2) is 4.39 Å². The van der Waals surface area contributed by atoms with Crippen molar-refractivity contribution in [3.8, 4) is 5.69 Å². The monoisotopic (exact) mass is 292 g/mol. The molecule has 0 aliphatic carbocycles. The minimum Gasteiger partial charge on any atom is -0.366 e. The third-order valence-electron chi connectivity index (χ3n) is 3.53. The van der Waals surface area contributed by atoms with E-state index in [2.05, 4.69) is 15.5 Å². The first-order valence-corrected chi connectivity index (χ1v) is 6.63. The summed E-state index contributed by atoms with van der Waals surface area (Å²) >= 11 is 0. The van der Waals surface area contributed by atoms with E-state index in [1.54, 1.807) is 0 Å². The molecule has 0 amide bonds. The number of nitro benzene ring substituents is 1. The highest BCUT2D eigenvalue weighted by Crippen LogP contribution is 2.33. The largest absolute Gasteiger partial charge is 0.366 e. The molecule has 1 aliphatic rings. The Kier molecular flexibility index (Phi) is 3.46. The second kappa shape index (κ2) is 5.43. The van der Waals surface area contributed by atoms with Gasteiger partial charge in [0.25, 0.3) is 5.69 Å². The van der Waals surface area contributed by atoms with Gasteiger partial charge in [0.15, 0.2) is 5.82 Å². The molecule has 0 atom stereocenters. The number of piperidine rings is 1. The van der Waals surface area contributed by atoms with Crippen LogP contribution in [-0.2, 0) is 0 Å². The van der Waals surface area contributed by atoms with Gasteiger partial charge in [-0.15, -0.1) is 5.10 Å². The standard InChI is InChI=1S/C12H13FN6O2/c13-9-6-11(17-4-2-1-3-5-17)12(19(20)21)7-10(9)18-8-14-15-16-18/h6-8H,1-5H2. The van der Waals surface area contributed by atoms with Crippen molar-refractivity contribution < 1.29 is 9.31 Å². The number of hydrogen-bond donors (Lipinski definition) is 0. The molecule has 2 aromatic rings. The van der Waals surface area contributed by atoms with Crippen LogP contribution in [0.2, 0.25) is 0 Å². The Labute approximate surface area is 119 Å². The lowest BCUT2D eigenvalue weighted by Gasteiger charge is -2.28. The molecule has 9 heteroatoms. The van der Waals surface area contributed by atoms with Gasteiger partial charge in [0.1, 0.15) is 17.7 Å². The smallest absolute Gasteiger partial charge is 0.294 e. The second-order valence-corrected chi connectivity index (χ2v) is 4.85. The van der Waals surface area contributed by atoms with Crippen LogP contribution < -0.4 is 4.90 Å². The molecule has 8 nitrogen and oxygen atoms in total. The Balaban J connectivity index is 2.08. The summed E-state index contributed by atoms with van der Waals surface area (Å²) in [6.45, 7) is 1.40. The summed E-state index contributed by atoms with van der Waals surface area (Å²) in [5.41, 5.74) is 0.144. The molecule has 1 saturated heterocycles. The molecule has 0 N–H and O–H groups in total. The Hall–Kier alpha value is -2.58. The minimum atomic E-state index is -0.589. The number of nitrogens with zero attached hydrogens (tertiary/aromatic N) is 6. The first-order valence-electron chi connectivity index (χ1n) is 6.63. The van der Waals surface area contributed by atoms with Crippen molar-refractivity contribution in [3.63, 3.8) is 0 Å². The lowest BCUT2D eigenvalue weighted by molar-refractivity contribution is -0.384. The van der Waals surface area contributed by atoms with Crippen LogP contribution in [0.5, 0.6) is 0 Å². The van der Waals surface area contributed by atoms with Crippen LogP contribution in [-0.4, -0.2) is 38.2 Å². The fourth-order valence-corrected chi connectivity index (χ4v) is 2.52. The Morgan fingerprint density at radius 3 is 2.57 bits per heavy atom. The summed E-state index contributed by atoms with van der Waals surface area (Å²) in [6.07, 6.45) is 4.19. The maximum atomic E-state index is 14.2. The molecule has 1 aliphatic heterocycles. The van der Waals surface area contributed by atoms with E-state index in [4.69, 9.17) is 0 Å². The summed E-state index contributed by atoms with van der Waals surface area (Å²) in [5.74, 6) is -0.589. The summed E-state index contributed by atoms with van der Waals surface area (Å²) in [5, 5.41) is 21.7. The first kappa shape index (κ1) is 13.4. The van der Waals surface area contributed by atoms with Crippen molar-refractivity contribution >= 4 is 11.4 Å². The van der Waals surface area contributed by atoms with Crippen molar-refractivity contribution in [3.05, 3.63) is 34.4 Å². The van der Waals surface area contributed by atoms with Crippen molar-refractivity contribution in [2.75, 3.05) is 18.0 Å². The van der Waals surface area contributed by atoms with E-state index in [0.717, 1.165) is 23.9 Å². The molecule has 0 saturated carbocycles. The van der Waals surface area contributed by atoms with Crippen LogP contribution >= 0.6 is 0 Å². The third-order valence-corrected chi connectivity index (χ3v) is 3.53. The number of rotatable bonds is 3. The van der Waals surface area contributed by atoms with E-state index in [0.29, 0.717) is 18.8 Å². The number of tetrazole rings is 1. The predicted molar refractivity (Wildman–Crippen MR) is 71.8 cm³/mol. The predicted octanol–water partition coefficient (Wildman–Crippen LogP) is 1.70. The van der Waals surface area contributed by atoms with Gasteiger partial charge in [0, 0.05) is 25.2 Å². The van der Waals surface area contributed by atoms with Gasteiger partial charge in [-0.05, 0) is 29.7 Å². The average Bonchev–Trinajstić information content (AvgIpc) is 3.01. The average molecular weight is 292 g/mol. The fourth-order valence-electron chi connectivity index (χ4n) is 2.52. The van der Waals surface area contributed by atoms with Gasteiger partial charge >= 0.3 is 0 Å². The van der Waals surface area contributed by atoms with Gasteiger partial charge in [-0.2, -0.15) is 4.68 Å². The minimum absolute atomic E-state index is 0.0348. The quantitative estimate of drug-likeness (QED) is 0.631. The van der Waals surface area contributed by atoms with Crippen LogP contribution in [0.15, 0.2) is 18.5 Å². The number of halogens is 1. The molecule has 0 unspecified atom stereocenters. The molecule has 21 heavy (non-hydrogen) atoms. The van der Waals surface area contributed by atoms with Crippen LogP contribution in [0.4, 0.5) is 15.8 Å². The zero-order chi connectivity index (χ0) is 14.8. The number of aromatic nitrogens is 4. The lowest BCUT2D eigenvalue weighted by Crippen LogP contribution is -2.30. The number of hydrogen-bond acceptors (Lipinski definition) is 6. The summed E-state index contributed by atoms with van der Waals surface area (Å²) in [7, 11) is 0. The molecule has 1 fully saturated rings. The number of anilines is 1. The molecule has 2 heterocycles. The van der Waals surface area contributed by atoms with Crippen molar-refractivity contribution in [1.29, 1.82) is 0 Å². The fraction of sp³-hybridized carbons (Fsp3) is 0.417. The van der Waals surface area contributed by atoms with Gasteiger partial charge in [0.05, 0.1) is 4.92 Å². The van der Waals surface area contributed by atoms with E-state index < -0.39 is 10.7 Å². The highest BCUT2D eigenvalue weighted by molar-refractivity contribution is 5.67. The summed E-state index contributed by atoms with van der Waals surface area (Å²) < 4.78 is 15.3. The number of nitro groups is 1. The zero-order valence-electron chi connectivity index (χ0n) is 11.1. The van der Waals surface area contributed by atoms with Gasteiger partial charge in [0.2, 0.25) is 0 Å². The Morgan fingerprint density at radius 2 is 1.95 bits per heavy atom. The van der Waals surface area contributed by atoms with Gasteiger partial charge in [-0.3, -0.25) is 10.1 Å². The molecule has 0 spiro atoms. The molecule has 110 valence electrons. The molecular weight excluding hydrogens is 279 g/mol. The van der Waals surface area contributed by atoms with E-state index in [1.165, 1.54) is 18.5 Å². The Morgan fingerprint density at radius 1 is 1.19 bits per heavy atom. The topological polar surface area (TPSA) is 90.0 Å². The third kappa shape index (κ3) is 2.54. The second-order valence-electron chi connectivity index (χ2n) is 4.85. The highest BCUT2D eigenvalue weighted by atomic mass is 19.1. The van der Waals surface area contributed by atoms with E-state index in [-0.39, 0.29) is 11.4 Å². The summed E-state index contributed by atoms with van der Waals surface area (Å²) in [6, 6.07) is 2.37. The van der Waals surface area contributed by atoms with E-state index >= 15 is 0 Å². The molecule has 3 rings (SSSR count). The lowest BCUT2D eigenvalue weighted by atomic mass is 10.1. The van der Waals surface area contributed by atoms with Crippen LogP contribution in [0.3, 0.4) is 0 Å². The van der Waals surface area contributed by atoms with Gasteiger partial charge < -0.3 is 4.90 Å². The van der Waals surface area contributed by atoms with Crippen molar-refractivity contribution in [1.82, 2.24) is 20.2 Å². The van der Waals surface area contributed by atoms with E-state index in [1.807, 2.05) is 4.90 Å². The van der Waals surface area contributed by atoms with E-state index in [9.17, 15) is 14.5 Å². The van der Waals surface area contributed by atoms with Crippen LogP contribution in [0.1, 0.15) is 19.3 Å². The molecule has 0 radical (unpaired) electrons. The summed E-state index contributed by atoms with van der Waals surface area (Å²) in [4.78, 5) is 12.6. The van der Waals surface area contributed by atoms with Crippen molar-refractivity contribution in [2.24, 2.45) is 0 Å². The van der Waals surface area contributed by atoms with Crippen molar-refractivity contribution in [2.45, 2.75) is 19.3 Å². The Bertz CT molecular complexity index is 654. The molecule has 1 aromatic heterocycles. The van der Waals surface area contributed by atoms with Gasteiger partial charge in [-0.1, -0.05) is 0 Å². The highest BCUT2D eigenvalue weighted by Gasteiger charge is 2.25. The SMILES string of the molecule is O=[N+]([O-])c1cc(-n2cnnn2)c(F)cc1N1CCCCC1. The normalized spacial score (nSPS) is 15.2. The zero-order valence-corrected chi connectivity index (χ0v) is 11.1. The first-order chi connectivity index (χ1) is 10.2. The molecule has 1 aromatic carbocycles. The molecule has 0 bridgehead atoms.